The average molecular weight is 263 g/mol. The van der Waals surface area contributed by atoms with Gasteiger partial charge in [0.2, 0.25) is 0 Å². The predicted octanol–water partition coefficient (Wildman–Crippen LogP) is -1.65. The zero-order valence-electron chi connectivity index (χ0n) is 8.73. The molecule has 0 amide bonds. The lowest BCUT2D eigenvalue weighted by Crippen LogP contribution is -2.42. The number of hydrogen-bond donors (Lipinski definition) is 5. The number of nitrogens with zero attached hydrogens (tertiary/aromatic N) is 1. The molecule has 0 aliphatic carbocycles. The molecule has 0 aliphatic heterocycles. The van der Waals surface area contributed by atoms with Gasteiger partial charge in [0.1, 0.15) is 0 Å². The maximum atomic E-state index is 10.3. The first-order valence-electron chi connectivity index (χ1n) is 4.07. The lowest BCUT2D eigenvalue weighted by molar-refractivity contribution is -0.170. The topological polar surface area (TPSA) is 193 Å². The first kappa shape index (κ1) is 17.7. The van der Waals surface area contributed by atoms with E-state index in [4.69, 9.17) is 35.6 Å². The van der Waals surface area contributed by atoms with Crippen molar-refractivity contribution >= 4 is 23.9 Å². The SMILES string of the molecule is N#CC(=O)O.O=C(O)CC(O)(CC(=O)O)C(=O)O. The van der Waals surface area contributed by atoms with Crippen LogP contribution in [-0.4, -0.2) is 55.0 Å². The maximum absolute atomic E-state index is 10.3. The molecular weight excluding hydrogens is 254 g/mol. The fourth-order valence-electron chi connectivity index (χ4n) is 0.714. The van der Waals surface area contributed by atoms with Gasteiger partial charge in [-0.25, -0.2) is 9.59 Å². The second kappa shape index (κ2) is 7.58. The van der Waals surface area contributed by atoms with Crippen LogP contribution in [-0.2, 0) is 19.2 Å². The van der Waals surface area contributed by atoms with Crippen molar-refractivity contribution in [1.82, 2.24) is 0 Å². The summed E-state index contributed by atoms with van der Waals surface area (Å²) in [5.74, 6) is -6.46. The first-order chi connectivity index (χ1) is 8.05. The third-order valence-corrected chi connectivity index (χ3v) is 1.38. The van der Waals surface area contributed by atoms with Gasteiger partial charge in [-0.15, -0.1) is 0 Å². The van der Waals surface area contributed by atoms with Crippen LogP contribution in [0.25, 0.3) is 0 Å². The van der Waals surface area contributed by atoms with Crippen LogP contribution in [0.4, 0.5) is 0 Å². The molecule has 0 aromatic heterocycles. The summed E-state index contributed by atoms with van der Waals surface area (Å²) in [6.07, 6.45) is -2.29. The molecule has 5 N–H and O–H groups in total. The van der Waals surface area contributed by atoms with Gasteiger partial charge in [0.25, 0.3) is 0 Å². The van der Waals surface area contributed by atoms with Gasteiger partial charge < -0.3 is 25.5 Å². The third kappa shape index (κ3) is 8.62. The molecule has 0 aliphatic rings. The zero-order chi connectivity index (χ0) is 14.9. The molecule has 0 fully saturated rings. The minimum Gasteiger partial charge on any atom is -0.481 e. The number of carbonyl (C=O) groups is 4. The summed E-state index contributed by atoms with van der Waals surface area (Å²) >= 11 is 0. The minimum absolute atomic E-state index is 0.944. The van der Waals surface area contributed by atoms with E-state index >= 15 is 0 Å². The molecule has 0 saturated carbocycles. The van der Waals surface area contributed by atoms with Crippen molar-refractivity contribution in [2.45, 2.75) is 18.4 Å². The van der Waals surface area contributed by atoms with Crippen LogP contribution in [0.5, 0.6) is 0 Å². The van der Waals surface area contributed by atoms with E-state index in [9.17, 15) is 14.4 Å². The molecule has 0 rings (SSSR count). The van der Waals surface area contributed by atoms with Crippen molar-refractivity contribution in [1.29, 1.82) is 5.26 Å². The second-order valence-corrected chi connectivity index (χ2v) is 2.89. The van der Waals surface area contributed by atoms with Crippen LogP contribution < -0.4 is 0 Å². The maximum Gasteiger partial charge on any atom is 0.408 e. The smallest absolute Gasteiger partial charge is 0.408 e. The molecule has 0 spiro atoms. The Bertz CT molecular complexity index is 378. The Labute approximate surface area is 99.3 Å². The van der Waals surface area contributed by atoms with Crippen LogP contribution >= 0.6 is 0 Å². The molecule has 10 nitrogen and oxygen atoms in total. The summed E-state index contributed by atoms with van der Waals surface area (Å²) in [6.45, 7) is 0. The van der Waals surface area contributed by atoms with Crippen LogP contribution in [0, 0.1) is 11.3 Å². The first-order valence-corrected chi connectivity index (χ1v) is 4.07. The van der Waals surface area contributed by atoms with Crippen LogP contribution in [0.2, 0.25) is 0 Å². The highest BCUT2D eigenvalue weighted by Crippen LogP contribution is 2.15. The highest BCUT2D eigenvalue weighted by Gasteiger charge is 2.40. The van der Waals surface area contributed by atoms with E-state index in [0.29, 0.717) is 0 Å². The Hall–Kier alpha value is -2.67. The van der Waals surface area contributed by atoms with Crippen molar-refractivity contribution in [3.8, 4) is 6.07 Å². The number of aliphatic hydroxyl groups is 1. The van der Waals surface area contributed by atoms with Crippen molar-refractivity contribution < 1.29 is 44.7 Å². The molecule has 0 unspecified atom stereocenters. The molecule has 100 valence electrons. The summed E-state index contributed by atoms with van der Waals surface area (Å²) in [7, 11) is 0. The van der Waals surface area contributed by atoms with Gasteiger partial charge in [-0.2, -0.15) is 5.26 Å². The third-order valence-electron chi connectivity index (χ3n) is 1.38. The summed E-state index contributed by atoms with van der Waals surface area (Å²) in [5.41, 5.74) is -2.74. The van der Waals surface area contributed by atoms with Crippen molar-refractivity contribution in [2.75, 3.05) is 0 Å². The fraction of sp³-hybridized carbons (Fsp3) is 0.375. The summed E-state index contributed by atoms with van der Waals surface area (Å²) in [5, 5.41) is 48.5. The molecule has 10 heteroatoms. The molecule has 0 heterocycles. The molecule has 0 saturated heterocycles. The Morgan fingerprint density at radius 1 is 0.944 bits per heavy atom. The monoisotopic (exact) mass is 263 g/mol. The highest BCUT2D eigenvalue weighted by molar-refractivity contribution is 5.88. The van der Waals surface area contributed by atoms with Gasteiger partial charge in [-0.1, -0.05) is 0 Å². The fourth-order valence-corrected chi connectivity index (χ4v) is 0.714. The highest BCUT2D eigenvalue weighted by atomic mass is 16.4. The quantitative estimate of drug-likeness (QED) is 0.283. The Kier molecular flexibility index (Phi) is 7.46. The molecule has 0 bridgehead atoms. The lowest BCUT2D eigenvalue weighted by Gasteiger charge is -2.18. The number of aliphatic carboxylic acids is 4. The normalized spacial score (nSPS) is 9.33. The molecule has 0 aromatic carbocycles. The minimum atomic E-state index is -2.74. The number of carboxylic acids is 4. The standard InChI is InChI=1S/C6H8O7.C2HNO2/c7-3(8)1-6(13,5(11)12)2-4(9)10;3-1-2(4)5/h13H,1-2H2,(H,7,8)(H,9,10)(H,11,12);(H,4,5). The number of nitriles is 1. The van der Waals surface area contributed by atoms with Gasteiger partial charge in [-0.05, 0) is 0 Å². The van der Waals surface area contributed by atoms with E-state index < -0.39 is 42.3 Å². The number of rotatable bonds is 5. The second-order valence-electron chi connectivity index (χ2n) is 2.89. The molecule has 0 radical (unpaired) electrons. The van der Waals surface area contributed by atoms with Crippen LogP contribution in [0.15, 0.2) is 0 Å². The summed E-state index contributed by atoms with van der Waals surface area (Å²) < 4.78 is 0. The van der Waals surface area contributed by atoms with Gasteiger partial charge in [0, 0.05) is 0 Å². The predicted molar refractivity (Wildman–Crippen MR) is 50.3 cm³/mol. The van der Waals surface area contributed by atoms with E-state index in [1.54, 1.807) is 0 Å². The van der Waals surface area contributed by atoms with E-state index in [1.165, 1.54) is 0 Å². The van der Waals surface area contributed by atoms with Crippen molar-refractivity contribution in [3.63, 3.8) is 0 Å². The molecule has 0 atom stereocenters. The zero-order valence-corrected chi connectivity index (χ0v) is 8.73. The largest absolute Gasteiger partial charge is 0.481 e. The van der Waals surface area contributed by atoms with E-state index in [-0.39, 0.29) is 0 Å². The van der Waals surface area contributed by atoms with E-state index in [1.807, 2.05) is 0 Å². The number of hydrogen-bond acceptors (Lipinski definition) is 6. The van der Waals surface area contributed by atoms with Gasteiger partial charge in [-0.3, -0.25) is 9.59 Å². The van der Waals surface area contributed by atoms with Crippen molar-refractivity contribution in [3.05, 3.63) is 0 Å². The van der Waals surface area contributed by atoms with E-state index in [0.717, 1.165) is 6.07 Å². The van der Waals surface area contributed by atoms with Gasteiger partial charge >= 0.3 is 23.9 Å². The Morgan fingerprint density at radius 2 is 1.22 bits per heavy atom. The Morgan fingerprint density at radius 3 is 1.33 bits per heavy atom. The van der Waals surface area contributed by atoms with E-state index in [2.05, 4.69) is 0 Å². The Balaban J connectivity index is 0. The summed E-state index contributed by atoms with van der Waals surface area (Å²) in [6, 6.07) is 0.944. The molecule has 0 aromatic rings. The summed E-state index contributed by atoms with van der Waals surface area (Å²) in [4.78, 5) is 39.5. The lowest BCUT2D eigenvalue weighted by atomic mass is 9.96. The van der Waals surface area contributed by atoms with Crippen LogP contribution in [0.1, 0.15) is 12.8 Å². The van der Waals surface area contributed by atoms with Gasteiger partial charge in [0.05, 0.1) is 12.8 Å². The molecular formula is C8H9NO9. The van der Waals surface area contributed by atoms with Crippen molar-refractivity contribution in [2.24, 2.45) is 0 Å². The average Bonchev–Trinajstić information content (AvgIpc) is 2.15. The van der Waals surface area contributed by atoms with Gasteiger partial charge in [0.15, 0.2) is 11.7 Å². The number of carboxylic acid groups (broad SMARTS) is 4. The molecule has 18 heavy (non-hydrogen) atoms. The van der Waals surface area contributed by atoms with Crippen LogP contribution in [0.3, 0.4) is 0 Å².